The molecule has 0 rings (SSSR count). The number of thiol groups is 1. The maximum atomic E-state index is 5.92. The standard InChI is InChI=1S/C22H48O3SSi/c1-4-23-27(24-5-2,25-6-3)22-20-18-16-14-12-10-8-7-9-11-13-15-17-19-21-26/h26H,4-22H2,1-3H3. The van der Waals surface area contributed by atoms with E-state index in [1.165, 1.54) is 89.9 Å². The van der Waals surface area contributed by atoms with Gasteiger partial charge in [-0.25, -0.2) is 0 Å². The topological polar surface area (TPSA) is 27.7 Å². The lowest BCUT2D eigenvalue weighted by molar-refractivity contribution is 0.0706. The minimum Gasteiger partial charge on any atom is -0.374 e. The molecule has 0 radical (unpaired) electrons. The van der Waals surface area contributed by atoms with Crippen LogP contribution in [0, 0.1) is 0 Å². The number of hydrogen-bond acceptors (Lipinski definition) is 4. The number of rotatable bonds is 22. The van der Waals surface area contributed by atoms with Crippen molar-refractivity contribution in [3.8, 4) is 0 Å². The summed E-state index contributed by atoms with van der Waals surface area (Å²) in [6, 6.07) is 0.969. The normalized spacial score (nSPS) is 12.0. The first kappa shape index (κ1) is 27.4. The predicted octanol–water partition coefficient (Wildman–Crippen LogP) is 7.43. The summed E-state index contributed by atoms with van der Waals surface area (Å²) in [5.41, 5.74) is 0. The van der Waals surface area contributed by atoms with Crippen LogP contribution in [-0.4, -0.2) is 34.4 Å². The minimum atomic E-state index is -2.40. The zero-order valence-electron chi connectivity index (χ0n) is 18.6. The summed E-state index contributed by atoms with van der Waals surface area (Å²) in [5, 5.41) is 0. The van der Waals surface area contributed by atoms with Gasteiger partial charge in [-0.2, -0.15) is 12.6 Å². The van der Waals surface area contributed by atoms with Crippen LogP contribution in [0.3, 0.4) is 0 Å². The van der Waals surface area contributed by atoms with E-state index in [0.717, 1.165) is 11.8 Å². The summed E-state index contributed by atoms with van der Waals surface area (Å²) in [7, 11) is -2.40. The van der Waals surface area contributed by atoms with Gasteiger partial charge in [-0.1, -0.05) is 77.0 Å². The van der Waals surface area contributed by atoms with Gasteiger partial charge in [-0.15, -0.1) is 0 Å². The fourth-order valence-electron chi connectivity index (χ4n) is 3.58. The molecule has 0 atom stereocenters. The second-order valence-electron chi connectivity index (χ2n) is 7.41. The molecular weight excluding hydrogens is 372 g/mol. The third-order valence-electron chi connectivity index (χ3n) is 4.98. The highest BCUT2D eigenvalue weighted by Gasteiger charge is 2.39. The molecule has 0 fully saturated rings. The van der Waals surface area contributed by atoms with E-state index in [1.807, 2.05) is 20.8 Å². The van der Waals surface area contributed by atoms with Gasteiger partial charge in [-0.05, 0) is 39.4 Å². The first-order valence-electron chi connectivity index (χ1n) is 11.8. The van der Waals surface area contributed by atoms with Gasteiger partial charge in [0.15, 0.2) is 0 Å². The van der Waals surface area contributed by atoms with Crippen LogP contribution >= 0.6 is 12.6 Å². The average molecular weight is 421 g/mol. The van der Waals surface area contributed by atoms with E-state index in [9.17, 15) is 0 Å². The van der Waals surface area contributed by atoms with Crippen molar-refractivity contribution in [2.75, 3.05) is 25.6 Å². The minimum absolute atomic E-state index is 0.682. The third-order valence-corrected chi connectivity index (χ3v) is 8.45. The Morgan fingerprint density at radius 3 is 1.07 bits per heavy atom. The van der Waals surface area contributed by atoms with E-state index in [4.69, 9.17) is 13.3 Å². The monoisotopic (exact) mass is 420 g/mol. The van der Waals surface area contributed by atoms with Gasteiger partial charge in [0.1, 0.15) is 0 Å². The molecule has 0 aliphatic carbocycles. The molecule has 27 heavy (non-hydrogen) atoms. The Labute approximate surface area is 177 Å². The fourth-order valence-corrected chi connectivity index (χ4v) is 6.48. The molecule has 5 heteroatoms. The lowest BCUT2D eigenvalue weighted by Crippen LogP contribution is -2.45. The van der Waals surface area contributed by atoms with Crippen molar-refractivity contribution in [3.63, 3.8) is 0 Å². The molecule has 164 valence electrons. The summed E-state index contributed by atoms with van der Waals surface area (Å²) in [6.07, 6.45) is 19.1. The Balaban J connectivity index is 3.49. The molecule has 0 unspecified atom stereocenters. The van der Waals surface area contributed by atoms with Crippen molar-refractivity contribution in [3.05, 3.63) is 0 Å². The van der Waals surface area contributed by atoms with E-state index in [1.54, 1.807) is 0 Å². The second kappa shape index (κ2) is 21.2. The van der Waals surface area contributed by atoms with Crippen LogP contribution in [-0.2, 0) is 13.3 Å². The Hall–Kier alpha value is 0.447. The Morgan fingerprint density at radius 2 is 0.778 bits per heavy atom. The van der Waals surface area contributed by atoms with Gasteiger partial charge in [0.05, 0.1) is 0 Å². The van der Waals surface area contributed by atoms with E-state index < -0.39 is 8.80 Å². The van der Waals surface area contributed by atoms with Gasteiger partial charge in [-0.3, -0.25) is 0 Å². The van der Waals surface area contributed by atoms with Crippen molar-refractivity contribution in [1.82, 2.24) is 0 Å². The maximum Gasteiger partial charge on any atom is 0.500 e. The van der Waals surface area contributed by atoms with Gasteiger partial charge >= 0.3 is 8.80 Å². The third kappa shape index (κ3) is 17.1. The van der Waals surface area contributed by atoms with E-state index in [0.29, 0.717) is 19.8 Å². The molecular formula is C22H48O3SSi. The van der Waals surface area contributed by atoms with Crippen LogP contribution in [0.25, 0.3) is 0 Å². The molecule has 0 spiro atoms. The highest BCUT2D eigenvalue weighted by atomic mass is 32.1. The van der Waals surface area contributed by atoms with Gasteiger partial charge in [0.25, 0.3) is 0 Å². The number of hydrogen-bond donors (Lipinski definition) is 1. The smallest absolute Gasteiger partial charge is 0.374 e. The van der Waals surface area contributed by atoms with Crippen molar-refractivity contribution in [2.45, 2.75) is 117 Å². The predicted molar refractivity (Wildman–Crippen MR) is 124 cm³/mol. The highest BCUT2D eigenvalue weighted by Crippen LogP contribution is 2.21. The SMILES string of the molecule is CCO[Si](CCCCCCCCCCCCCCCCS)(OCC)OCC. The molecule has 0 bridgehead atoms. The van der Waals surface area contributed by atoms with Crippen LogP contribution in [0.5, 0.6) is 0 Å². The van der Waals surface area contributed by atoms with Crippen LogP contribution in [0.15, 0.2) is 0 Å². The quantitative estimate of drug-likeness (QED) is 0.112. The van der Waals surface area contributed by atoms with Crippen molar-refractivity contribution < 1.29 is 13.3 Å². The molecule has 3 nitrogen and oxygen atoms in total. The first-order valence-corrected chi connectivity index (χ1v) is 14.3. The van der Waals surface area contributed by atoms with Crippen molar-refractivity contribution in [2.24, 2.45) is 0 Å². The van der Waals surface area contributed by atoms with Crippen LogP contribution in [0.4, 0.5) is 0 Å². The van der Waals surface area contributed by atoms with E-state index >= 15 is 0 Å². The van der Waals surface area contributed by atoms with Crippen LogP contribution in [0.2, 0.25) is 6.04 Å². The zero-order valence-corrected chi connectivity index (χ0v) is 20.5. The van der Waals surface area contributed by atoms with Gasteiger partial charge in [0.2, 0.25) is 0 Å². The molecule has 0 aromatic rings. The summed E-state index contributed by atoms with van der Waals surface area (Å²) < 4.78 is 17.8. The summed E-state index contributed by atoms with van der Waals surface area (Å²) in [5.74, 6) is 1.05. The van der Waals surface area contributed by atoms with Crippen molar-refractivity contribution >= 4 is 21.4 Å². The van der Waals surface area contributed by atoms with Gasteiger partial charge < -0.3 is 13.3 Å². The molecule has 0 aromatic carbocycles. The Morgan fingerprint density at radius 1 is 0.481 bits per heavy atom. The number of unbranched alkanes of at least 4 members (excludes halogenated alkanes) is 13. The molecule has 0 saturated carbocycles. The Kier molecular flexibility index (Phi) is 21.5. The fraction of sp³-hybridized carbons (Fsp3) is 1.00. The molecule has 0 amide bonds. The van der Waals surface area contributed by atoms with E-state index in [-0.39, 0.29) is 0 Å². The van der Waals surface area contributed by atoms with Crippen molar-refractivity contribution in [1.29, 1.82) is 0 Å². The van der Waals surface area contributed by atoms with Crippen LogP contribution in [0.1, 0.15) is 111 Å². The second-order valence-corrected chi connectivity index (χ2v) is 10.6. The molecule has 0 aromatic heterocycles. The Bertz CT molecular complexity index is 276. The molecule has 0 saturated heterocycles. The van der Waals surface area contributed by atoms with E-state index in [2.05, 4.69) is 12.6 Å². The summed E-state index contributed by atoms with van der Waals surface area (Å²) in [6.45, 7) is 8.14. The lowest BCUT2D eigenvalue weighted by atomic mass is 10.0. The molecule has 0 aliphatic rings. The van der Waals surface area contributed by atoms with Crippen LogP contribution < -0.4 is 0 Å². The highest BCUT2D eigenvalue weighted by molar-refractivity contribution is 7.80. The summed E-state index contributed by atoms with van der Waals surface area (Å²) in [4.78, 5) is 0. The first-order chi connectivity index (χ1) is 13.2. The molecule has 0 N–H and O–H groups in total. The largest absolute Gasteiger partial charge is 0.500 e. The zero-order chi connectivity index (χ0) is 20.1. The lowest BCUT2D eigenvalue weighted by Gasteiger charge is -2.28. The summed E-state index contributed by atoms with van der Waals surface area (Å²) >= 11 is 4.26. The van der Waals surface area contributed by atoms with Gasteiger partial charge in [0, 0.05) is 25.9 Å². The average Bonchev–Trinajstić information content (AvgIpc) is 2.65. The molecule has 0 aliphatic heterocycles. The maximum absolute atomic E-state index is 5.92. The molecule has 0 heterocycles.